The summed E-state index contributed by atoms with van der Waals surface area (Å²) >= 11 is 0. The van der Waals surface area contributed by atoms with E-state index in [1.54, 1.807) is 6.07 Å². The van der Waals surface area contributed by atoms with Crippen molar-refractivity contribution >= 4 is 27.7 Å². The van der Waals surface area contributed by atoms with Gasteiger partial charge in [0.25, 0.3) is 0 Å². The zero-order valence-corrected chi connectivity index (χ0v) is 16.2. The Bertz CT molecular complexity index is 1190. The number of amides is 1. The Labute approximate surface area is 159 Å². The summed E-state index contributed by atoms with van der Waals surface area (Å²) in [6, 6.07) is 17.7. The lowest BCUT2D eigenvalue weighted by atomic mass is 9.99. The number of primary amides is 1. The van der Waals surface area contributed by atoms with E-state index in [2.05, 4.69) is 62.6 Å². The molecule has 1 amide bonds. The number of carbonyl (C=O) groups is 1. The van der Waals surface area contributed by atoms with Crippen molar-refractivity contribution in [2.75, 3.05) is 0 Å². The molecule has 0 saturated carbocycles. The zero-order valence-electron chi connectivity index (χ0n) is 16.2. The average Bonchev–Trinajstić information content (AvgIpc) is 2.90. The summed E-state index contributed by atoms with van der Waals surface area (Å²) < 4.78 is 2.28. The van der Waals surface area contributed by atoms with Gasteiger partial charge in [0.2, 0.25) is 5.91 Å². The van der Waals surface area contributed by atoms with Crippen LogP contribution in [-0.4, -0.2) is 10.5 Å². The number of hydrogen-bond donors (Lipinski definition) is 1. The third-order valence-corrected chi connectivity index (χ3v) is 5.36. The van der Waals surface area contributed by atoms with Crippen LogP contribution in [0.5, 0.6) is 0 Å². The Morgan fingerprint density at radius 1 is 1.00 bits per heavy atom. The fourth-order valence-electron chi connectivity index (χ4n) is 4.15. The van der Waals surface area contributed by atoms with E-state index in [0.29, 0.717) is 5.56 Å². The highest BCUT2D eigenvalue weighted by Crippen LogP contribution is 2.33. The maximum Gasteiger partial charge on any atom is 0.249 e. The second kappa shape index (κ2) is 6.27. The van der Waals surface area contributed by atoms with Gasteiger partial charge in [-0.05, 0) is 74.2 Å². The fourth-order valence-corrected chi connectivity index (χ4v) is 4.15. The van der Waals surface area contributed by atoms with Crippen LogP contribution in [0.2, 0.25) is 0 Å². The van der Waals surface area contributed by atoms with Crippen LogP contribution < -0.4 is 5.73 Å². The number of aromatic nitrogens is 1. The summed E-state index contributed by atoms with van der Waals surface area (Å²) in [6.45, 7) is 9.26. The molecule has 1 radical (unpaired) electrons. The van der Waals surface area contributed by atoms with E-state index >= 15 is 0 Å². The van der Waals surface area contributed by atoms with Crippen LogP contribution in [0.3, 0.4) is 0 Å². The normalized spacial score (nSPS) is 11.4. The molecule has 1 heterocycles. The van der Waals surface area contributed by atoms with Crippen LogP contribution in [0.15, 0.2) is 42.5 Å². The highest BCUT2D eigenvalue weighted by molar-refractivity contribution is 6.17. The van der Waals surface area contributed by atoms with E-state index in [0.717, 1.165) is 33.9 Å². The predicted octanol–water partition coefficient (Wildman–Crippen LogP) is 4.98. The molecule has 3 heteroatoms. The summed E-state index contributed by atoms with van der Waals surface area (Å²) in [5, 5.41) is 1.84. The van der Waals surface area contributed by atoms with Gasteiger partial charge in [-0.2, -0.15) is 0 Å². The van der Waals surface area contributed by atoms with Crippen molar-refractivity contribution in [2.24, 2.45) is 5.73 Å². The first-order valence-electron chi connectivity index (χ1n) is 9.16. The maximum atomic E-state index is 12.0. The molecule has 0 aliphatic heterocycles. The quantitative estimate of drug-likeness (QED) is 0.554. The number of aryl methyl sites for hydroxylation is 4. The molecule has 2 N–H and O–H groups in total. The molecule has 0 saturated heterocycles. The molecule has 3 nitrogen and oxygen atoms in total. The number of benzene rings is 3. The van der Waals surface area contributed by atoms with E-state index in [-0.39, 0.29) is 0 Å². The molecule has 3 aromatic carbocycles. The lowest BCUT2D eigenvalue weighted by Crippen LogP contribution is -2.11. The molecule has 0 aliphatic carbocycles. The third kappa shape index (κ3) is 2.80. The molecule has 4 rings (SSSR count). The smallest absolute Gasteiger partial charge is 0.249 e. The summed E-state index contributed by atoms with van der Waals surface area (Å²) in [5.74, 6) is -0.406. The van der Waals surface area contributed by atoms with Crippen LogP contribution in [-0.2, 0) is 6.54 Å². The van der Waals surface area contributed by atoms with Crippen LogP contribution in [0, 0.1) is 33.8 Å². The number of hydrogen-bond acceptors (Lipinski definition) is 1. The maximum absolute atomic E-state index is 12.0. The van der Waals surface area contributed by atoms with Gasteiger partial charge in [0.15, 0.2) is 0 Å². The van der Waals surface area contributed by atoms with Gasteiger partial charge in [-0.1, -0.05) is 29.8 Å². The Balaban J connectivity index is 2.06. The van der Waals surface area contributed by atoms with Crippen LogP contribution in [0.4, 0.5) is 0 Å². The SMILES string of the molecule is Cc1cc(C)c(Cn2c3cc(C)c[c]c3c3c(C(N)=O)cccc32)c(C)c1. The van der Waals surface area contributed by atoms with Crippen molar-refractivity contribution in [1.29, 1.82) is 0 Å². The molecule has 135 valence electrons. The molecule has 1 aromatic heterocycles. The van der Waals surface area contributed by atoms with Gasteiger partial charge in [0.05, 0.1) is 11.0 Å². The summed E-state index contributed by atoms with van der Waals surface area (Å²) in [6.07, 6.45) is 0. The molecule has 0 unspecified atom stereocenters. The highest BCUT2D eigenvalue weighted by atomic mass is 16.1. The van der Waals surface area contributed by atoms with Crippen molar-refractivity contribution in [1.82, 2.24) is 4.57 Å². The number of nitrogens with zero attached hydrogens (tertiary/aromatic N) is 1. The number of fused-ring (bicyclic) bond motifs is 3. The molecule has 0 atom stereocenters. The van der Waals surface area contributed by atoms with E-state index < -0.39 is 5.91 Å². The summed E-state index contributed by atoms with van der Waals surface area (Å²) in [4.78, 5) is 12.0. The standard InChI is InChI=1S/C24H23N2O/c1-14-8-9-18-22(12-14)26(13-20-16(3)10-15(2)11-17(20)4)21-7-5-6-19(23(18)21)24(25)27/h5-8,10-12H,13H2,1-4H3,(H2,25,27). The first-order chi connectivity index (χ1) is 12.9. The van der Waals surface area contributed by atoms with Gasteiger partial charge in [0.1, 0.15) is 0 Å². The fraction of sp³-hybridized carbons (Fsp3) is 0.208. The molecule has 0 bridgehead atoms. The van der Waals surface area contributed by atoms with Crippen molar-refractivity contribution in [2.45, 2.75) is 34.2 Å². The highest BCUT2D eigenvalue weighted by Gasteiger charge is 2.17. The topological polar surface area (TPSA) is 48.0 Å². The number of rotatable bonds is 3. The minimum Gasteiger partial charge on any atom is -0.366 e. The Morgan fingerprint density at radius 3 is 2.37 bits per heavy atom. The monoisotopic (exact) mass is 355 g/mol. The van der Waals surface area contributed by atoms with E-state index in [1.165, 1.54) is 22.3 Å². The molecular formula is C24H23N2O. The minimum absolute atomic E-state index is 0.406. The Kier molecular flexibility index (Phi) is 4.03. The van der Waals surface area contributed by atoms with Crippen LogP contribution >= 0.6 is 0 Å². The minimum atomic E-state index is -0.406. The van der Waals surface area contributed by atoms with Crippen molar-refractivity contribution in [3.05, 3.63) is 81.9 Å². The van der Waals surface area contributed by atoms with Gasteiger partial charge < -0.3 is 10.3 Å². The average molecular weight is 355 g/mol. The zero-order chi connectivity index (χ0) is 19.3. The van der Waals surface area contributed by atoms with E-state index in [4.69, 9.17) is 5.73 Å². The van der Waals surface area contributed by atoms with Gasteiger partial charge in [-0.15, -0.1) is 0 Å². The lowest BCUT2D eigenvalue weighted by molar-refractivity contribution is 0.100. The first kappa shape index (κ1) is 17.3. The molecule has 0 fully saturated rings. The number of carbonyl (C=O) groups excluding carboxylic acids is 1. The number of nitrogens with two attached hydrogens (primary N) is 1. The van der Waals surface area contributed by atoms with E-state index in [9.17, 15) is 4.79 Å². The van der Waals surface area contributed by atoms with Gasteiger partial charge in [-0.3, -0.25) is 4.79 Å². The van der Waals surface area contributed by atoms with Gasteiger partial charge in [0, 0.05) is 22.9 Å². The van der Waals surface area contributed by atoms with E-state index in [1.807, 2.05) is 12.1 Å². The summed E-state index contributed by atoms with van der Waals surface area (Å²) in [7, 11) is 0. The lowest BCUT2D eigenvalue weighted by Gasteiger charge is -2.14. The summed E-state index contributed by atoms with van der Waals surface area (Å²) in [5.41, 5.74) is 14.6. The van der Waals surface area contributed by atoms with Gasteiger partial charge >= 0.3 is 0 Å². The van der Waals surface area contributed by atoms with Crippen LogP contribution in [0.25, 0.3) is 21.8 Å². The molecule has 0 spiro atoms. The largest absolute Gasteiger partial charge is 0.366 e. The second-order valence-corrected chi connectivity index (χ2v) is 7.46. The molecule has 0 aliphatic rings. The van der Waals surface area contributed by atoms with Crippen molar-refractivity contribution in [3.8, 4) is 0 Å². The third-order valence-electron chi connectivity index (χ3n) is 5.36. The predicted molar refractivity (Wildman–Crippen MR) is 111 cm³/mol. The van der Waals surface area contributed by atoms with Crippen molar-refractivity contribution in [3.63, 3.8) is 0 Å². The Hall–Kier alpha value is -3.07. The van der Waals surface area contributed by atoms with Gasteiger partial charge in [-0.25, -0.2) is 0 Å². The molecular weight excluding hydrogens is 332 g/mol. The second-order valence-electron chi connectivity index (χ2n) is 7.46. The Morgan fingerprint density at radius 2 is 1.70 bits per heavy atom. The molecule has 27 heavy (non-hydrogen) atoms. The molecule has 4 aromatic rings. The van der Waals surface area contributed by atoms with Crippen molar-refractivity contribution < 1.29 is 4.79 Å². The van der Waals surface area contributed by atoms with Crippen LogP contribution in [0.1, 0.15) is 38.2 Å². The first-order valence-corrected chi connectivity index (χ1v) is 9.16.